The number of nitriles is 1. The van der Waals surface area contributed by atoms with Crippen LogP contribution in [-0.4, -0.2) is 120 Å². The van der Waals surface area contributed by atoms with E-state index in [0.29, 0.717) is 41.4 Å². The molecular formula is C42H47ClFN9O4S. The van der Waals surface area contributed by atoms with E-state index in [-0.39, 0.29) is 29.4 Å². The summed E-state index contributed by atoms with van der Waals surface area (Å²) in [5.41, 5.74) is 2.23. The van der Waals surface area contributed by atoms with Crippen LogP contribution in [0.2, 0.25) is 5.02 Å². The predicted molar refractivity (Wildman–Crippen MR) is 219 cm³/mol. The fourth-order valence-electron chi connectivity index (χ4n) is 10.2. The minimum absolute atomic E-state index is 0.0293. The van der Waals surface area contributed by atoms with Crippen LogP contribution in [0.5, 0.6) is 0 Å². The molecule has 1 unspecified atom stereocenters. The second-order valence-corrected chi connectivity index (χ2v) is 18.4. The molecule has 6 aliphatic rings. The Bertz CT molecular complexity index is 2190. The van der Waals surface area contributed by atoms with Gasteiger partial charge in [-0.2, -0.15) is 5.26 Å². The quantitative estimate of drug-likeness (QED) is 0.327. The topological polar surface area (TPSA) is 136 Å². The fourth-order valence-corrected chi connectivity index (χ4v) is 11.4. The van der Waals surface area contributed by atoms with Crippen molar-refractivity contribution >= 4 is 63.1 Å². The molecular weight excluding hydrogens is 781 g/mol. The van der Waals surface area contributed by atoms with E-state index < -0.39 is 35.5 Å². The molecule has 7 heterocycles. The highest BCUT2D eigenvalue weighted by Gasteiger charge is 2.46. The van der Waals surface area contributed by atoms with Gasteiger partial charge in [0.05, 0.1) is 27.4 Å². The molecule has 9 rings (SSSR count). The Morgan fingerprint density at radius 3 is 2.36 bits per heavy atom. The van der Waals surface area contributed by atoms with Gasteiger partial charge in [-0.3, -0.25) is 39.2 Å². The Balaban J connectivity index is 0.736. The number of benzene rings is 2. The van der Waals surface area contributed by atoms with E-state index in [9.17, 15) is 24.4 Å². The summed E-state index contributed by atoms with van der Waals surface area (Å²) in [4.78, 5) is 69.5. The number of carbonyl (C=O) groups is 4. The predicted octanol–water partition coefficient (Wildman–Crippen LogP) is 4.88. The number of halogens is 2. The van der Waals surface area contributed by atoms with E-state index >= 15 is 4.39 Å². The second kappa shape index (κ2) is 15.5. The number of piperazine rings is 1. The number of hydrogen-bond donors (Lipinski definition) is 1. The fraction of sp³-hybridized carbons (Fsp3) is 0.524. The zero-order valence-electron chi connectivity index (χ0n) is 32.6. The average Bonchev–Trinajstić information content (AvgIpc) is 3.88. The smallest absolute Gasteiger partial charge is 0.262 e. The first-order valence-electron chi connectivity index (χ1n) is 20.4. The number of hydrogen-bond acceptors (Lipinski definition) is 12. The Kier molecular flexibility index (Phi) is 10.4. The summed E-state index contributed by atoms with van der Waals surface area (Å²) in [6.45, 7) is 11.3. The third-order valence-electron chi connectivity index (χ3n) is 13.4. The van der Waals surface area contributed by atoms with Gasteiger partial charge in [0.15, 0.2) is 5.13 Å². The molecule has 0 radical (unpaired) electrons. The first kappa shape index (κ1) is 38.9. The summed E-state index contributed by atoms with van der Waals surface area (Å²) in [6, 6.07) is 10.2. The van der Waals surface area contributed by atoms with Crippen molar-refractivity contribution in [2.24, 2.45) is 5.41 Å². The van der Waals surface area contributed by atoms with Gasteiger partial charge in [-0.1, -0.05) is 11.6 Å². The molecule has 0 bridgehead atoms. The molecule has 6 aliphatic heterocycles. The zero-order valence-corrected chi connectivity index (χ0v) is 34.2. The molecule has 0 saturated carbocycles. The van der Waals surface area contributed by atoms with Gasteiger partial charge in [0.2, 0.25) is 11.8 Å². The van der Waals surface area contributed by atoms with Gasteiger partial charge in [-0.05, 0) is 81.2 Å². The van der Waals surface area contributed by atoms with Crippen LogP contribution in [0.1, 0.15) is 83.0 Å². The highest BCUT2D eigenvalue weighted by atomic mass is 35.5. The van der Waals surface area contributed by atoms with Crippen LogP contribution in [0.25, 0.3) is 0 Å². The van der Waals surface area contributed by atoms with E-state index in [4.69, 9.17) is 16.6 Å². The minimum Gasteiger partial charge on any atom is -0.369 e. The Hall–Kier alpha value is -4.62. The molecule has 2 aromatic carbocycles. The highest BCUT2D eigenvalue weighted by Crippen LogP contribution is 2.46. The number of carbonyl (C=O) groups excluding carboxylic acids is 4. The Morgan fingerprint density at radius 1 is 0.948 bits per heavy atom. The van der Waals surface area contributed by atoms with E-state index in [0.717, 1.165) is 106 Å². The lowest BCUT2D eigenvalue weighted by molar-refractivity contribution is -0.136. The van der Waals surface area contributed by atoms with E-state index in [2.05, 4.69) is 44.1 Å². The number of piperidine rings is 3. The number of rotatable bonds is 7. The zero-order chi connectivity index (χ0) is 40.3. The molecule has 1 spiro atoms. The number of anilines is 3. The molecule has 5 fully saturated rings. The molecule has 13 nitrogen and oxygen atoms in total. The number of nitrogens with one attached hydrogen (secondary N) is 1. The van der Waals surface area contributed by atoms with Crippen LogP contribution in [0.3, 0.4) is 0 Å². The summed E-state index contributed by atoms with van der Waals surface area (Å²) >= 11 is 8.19. The van der Waals surface area contributed by atoms with Crippen molar-refractivity contribution in [2.45, 2.75) is 76.5 Å². The van der Waals surface area contributed by atoms with Crippen LogP contribution in [-0.2, 0) is 16.1 Å². The maximum Gasteiger partial charge on any atom is 0.262 e. The number of amides is 4. The second-order valence-electron chi connectivity index (χ2n) is 16.9. The summed E-state index contributed by atoms with van der Waals surface area (Å²) in [7, 11) is 0. The number of fused-ring (bicyclic) bond motifs is 1. The lowest BCUT2D eigenvalue weighted by Crippen LogP contribution is -2.54. The van der Waals surface area contributed by atoms with Gasteiger partial charge in [-0.15, -0.1) is 11.3 Å². The lowest BCUT2D eigenvalue weighted by atomic mass is 9.77. The van der Waals surface area contributed by atoms with E-state index in [1.54, 1.807) is 0 Å². The molecule has 4 amide bonds. The first-order valence-corrected chi connectivity index (χ1v) is 21.6. The first-order chi connectivity index (χ1) is 28.0. The third-order valence-corrected chi connectivity index (χ3v) is 14.8. The average molecular weight is 828 g/mol. The molecule has 58 heavy (non-hydrogen) atoms. The summed E-state index contributed by atoms with van der Waals surface area (Å²) in [6.07, 6.45) is 7.27. The van der Waals surface area contributed by atoms with Gasteiger partial charge >= 0.3 is 0 Å². The molecule has 304 valence electrons. The van der Waals surface area contributed by atoms with Crippen molar-refractivity contribution in [1.29, 1.82) is 5.26 Å². The molecule has 0 aliphatic carbocycles. The molecule has 2 atom stereocenters. The van der Waals surface area contributed by atoms with E-state index in [1.165, 1.54) is 10.9 Å². The van der Waals surface area contributed by atoms with Crippen molar-refractivity contribution in [1.82, 2.24) is 25.0 Å². The standard InChI is InChI=1S/C42H47ClFN9O4S/c1-26-21-42(25-52(26)29-3-2-27(22-45)33(43)18-29)8-12-51(13-9-42)41-46-23-30(58-41)24-48-14-16-49(17-15-48)28-6-10-50(11-7-28)36-20-32-31(19-34(36)44)39(56)53(40(32)57)35-4-5-37(54)47-38(35)55/h2-3,18-20,23,26,28,35H,4-17,21,24-25H2,1H3,(H,47,54,55)/t26-,35?/m0/s1. The maximum atomic E-state index is 15.5. The van der Waals surface area contributed by atoms with Crippen molar-refractivity contribution in [3.8, 4) is 6.07 Å². The molecule has 1 aromatic heterocycles. The summed E-state index contributed by atoms with van der Waals surface area (Å²) < 4.78 is 15.5. The summed E-state index contributed by atoms with van der Waals surface area (Å²) in [5.74, 6) is -3.02. The molecule has 3 aromatic rings. The van der Waals surface area contributed by atoms with Gasteiger partial charge in [0.25, 0.3) is 11.8 Å². The molecule has 16 heteroatoms. The van der Waals surface area contributed by atoms with Gasteiger partial charge in [0.1, 0.15) is 17.9 Å². The number of nitrogens with zero attached hydrogens (tertiary/aromatic N) is 8. The SMILES string of the molecule is C[C@H]1CC2(CCN(c3ncc(CN4CCN(C5CCN(c6cc7c(cc6F)C(=O)N(C6CCC(=O)NC6=O)C7=O)CC5)CC4)s3)CC2)CN1c1ccc(C#N)c(Cl)c1. The van der Waals surface area contributed by atoms with Gasteiger partial charge < -0.3 is 14.7 Å². The normalized spacial score (nSPS) is 24.5. The third kappa shape index (κ3) is 7.22. The Labute approximate surface area is 346 Å². The minimum atomic E-state index is -1.08. The van der Waals surface area contributed by atoms with Crippen LogP contribution < -0.4 is 20.0 Å². The highest BCUT2D eigenvalue weighted by molar-refractivity contribution is 7.15. The van der Waals surface area contributed by atoms with Crippen LogP contribution >= 0.6 is 22.9 Å². The van der Waals surface area contributed by atoms with Gasteiger partial charge in [0, 0.05) is 101 Å². The Morgan fingerprint density at radius 2 is 1.67 bits per heavy atom. The van der Waals surface area contributed by atoms with Gasteiger partial charge in [-0.25, -0.2) is 9.37 Å². The monoisotopic (exact) mass is 827 g/mol. The molecule has 1 N–H and O–H groups in total. The molecule has 5 saturated heterocycles. The maximum absolute atomic E-state index is 15.5. The largest absolute Gasteiger partial charge is 0.369 e. The lowest BCUT2D eigenvalue weighted by Gasteiger charge is -2.43. The van der Waals surface area contributed by atoms with E-state index in [1.807, 2.05) is 34.4 Å². The van der Waals surface area contributed by atoms with Crippen molar-refractivity contribution in [3.63, 3.8) is 0 Å². The van der Waals surface area contributed by atoms with Crippen LogP contribution in [0, 0.1) is 22.6 Å². The van der Waals surface area contributed by atoms with Crippen molar-refractivity contribution in [3.05, 3.63) is 68.9 Å². The van der Waals surface area contributed by atoms with Crippen LogP contribution in [0.4, 0.5) is 20.9 Å². The van der Waals surface area contributed by atoms with Crippen molar-refractivity contribution < 1.29 is 23.6 Å². The summed E-state index contributed by atoms with van der Waals surface area (Å²) in [5, 5.41) is 13.1. The van der Waals surface area contributed by atoms with Crippen molar-refractivity contribution in [2.75, 3.05) is 73.6 Å². The van der Waals surface area contributed by atoms with Crippen LogP contribution in [0.15, 0.2) is 36.5 Å². The number of thiazole rings is 1. The number of aromatic nitrogens is 1. The number of imide groups is 2.